The van der Waals surface area contributed by atoms with E-state index in [-0.39, 0.29) is 16.8 Å². The predicted molar refractivity (Wildman–Crippen MR) is 112 cm³/mol. The summed E-state index contributed by atoms with van der Waals surface area (Å²) < 4.78 is 41.7. The summed E-state index contributed by atoms with van der Waals surface area (Å²) in [7, 11) is -3.67. The second kappa shape index (κ2) is 9.09. The van der Waals surface area contributed by atoms with Crippen molar-refractivity contribution in [3.63, 3.8) is 0 Å². The molecule has 0 saturated carbocycles. The highest BCUT2D eigenvalue weighted by Gasteiger charge is 2.21. The highest BCUT2D eigenvalue weighted by atomic mass is 79.9. The van der Waals surface area contributed by atoms with Crippen molar-refractivity contribution >= 4 is 36.7 Å². The maximum Gasteiger partial charge on any atom is 0.241 e. The van der Waals surface area contributed by atoms with Crippen LogP contribution < -0.4 is 10.0 Å². The van der Waals surface area contributed by atoms with Gasteiger partial charge >= 0.3 is 0 Å². The molecule has 0 fully saturated rings. The number of rotatable bonds is 8. The van der Waals surface area contributed by atoms with E-state index in [1.54, 1.807) is 49.6 Å². The van der Waals surface area contributed by atoms with Crippen molar-refractivity contribution in [2.45, 2.75) is 24.3 Å². The molecule has 148 valence electrons. The lowest BCUT2D eigenvalue weighted by Gasteiger charge is -2.16. The summed E-state index contributed by atoms with van der Waals surface area (Å²) in [6.07, 6.45) is 4.06. The Kier molecular flexibility index (Phi) is 6.77. The molecule has 0 aliphatic rings. The third kappa shape index (κ3) is 5.14. The molecule has 3 aromatic rings. The van der Waals surface area contributed by atoms with Crippen molar-refractivity contribution < 1.29 is 12.8 Å². The number of benzene rings is 2. The van der Waals surface area contributed by atoms with Gasteiger partial charge in [0.05, 0.1) is 4.90 Å². The van der Waals surface area contributed by atoms with Crippen LogP contribution in [0.5, 0.6) is 0 Å². The third-order valence-electron chi connectivity index (χ3n) is 4.32. The van der Waals surface area contributed by atoms with Crippen LogP contribution in [0.4, 0.5) is 4.39 Å². The van der Waals surface area contributed by atoms with E-state index in [1.165, 1.54) is 12.1 Å². The molecule has 2 N–H and O–H groups in total. The number of pyridine rings is 1. The molecule has 8 heteroatoms. The van der Waals surface area contributed by atoms with E-state index in [0.29, 0.717) is 17.6 Å². The molecule has 1 heterocycles. The van der Waals surface area contributed by atoms with Crippen molar-refractivity contribution in [2.75, 3.05) is 13.1 Å². The van der Waals surface area contributed by atoms with Crippen LogP contribution in [0.3, 0.4) is 0 Å². The normalized spacial score (nSPS) is 13.0. The lowest BCUT2D eigenvalue weighted by molar-refractivity contribution is 0.537. The van der Waals surface area contributed by atoms with Crippen molar-refractivity contribution in [2.24, 2.45) is 0 Å². The minimum Gasteiger partial charge on any atom is -0.315 e. The van der Waals surface area contributed by atoms with Crippen LogP contribution in [0.2, 0.25) is 0 Å². The first-order chi connectivity index (χ1) is 13.4. The summed E-state index contributed by atoms with van der Waals surface area (Å²) in [5.41, 5.74) is 1.02. The van der Waals surface area contributed by atoms with E-state index in [9.17, 15) is 12.8 Å². The largest absolute Gasteiger partial charge is 0.315 e. The molecule has 0 radical (unpaired) electrons. The van der Waals surface area contributed by atoms with Crippen molar-refractivity contribution in [1.29, 1.82) is 0 Å². The second-order valence-corrected chi connectivity index (χ2v) is 9.05. The summed E-state index contributed by atoms with van der Waals surface area (Å²) in [5, 5.41) is 4.88. The van der Waals surface area contributed by atoms with Crippen LogP contribution in [0.15, 0.2) is 64.2 Å². The Hall–Kier alpha value is -1.87. The van der Waals surface area contributed by atoms with Gasteiger partial charge in [0.2, 0.25) is 10.0 Å². The fourth-order valence-electron chi connectivity index (χ4n) is 2.89. The number of hydrogen-bond acceptors (Lipinski definition) is 4. The van der Waals surface area contributed by atoms with Gasteiger partial charge in [0.25, 0.3) is 0 Å². The molecule has 0 spiro atoms. The summed E-state index contributed by atoms with van der Waals surface area (Å²) >= 11 is 3.41. The van der Waals surface area contributed by atoms with Gasteiger partial charge in [-0.2, -0.15) is 0 Å². The quantitative estimate of drug-likeness (QED) is 0.498. The van der Waals surface area contributed by atoms with Gasteiger partial charge < -0.3 is 5.32 Å². The van der Waals surface area contributed by atoms with Crippen LogP contribution in [0.1, 0.15) is 12.5 Å². The SMILES string of the molecule is CC(CNCCc1ccc(F)cc1)NS(=O)(=O)c1ccc2cnccc2c1Br. The summed E-state index contributed by atoms with van der Waals surface area (Å²) in [6, 6.07) is 11.2. The number of sulfonamides is 1. The van der Waals surface area contributed by atoms with Gasteiger partial charge in [-0.1, -0.05) is 18.2 Å². The van der Waals surface area contributed by atoms with Crippen LogP contribution in [0.25, 0.3) is 10.8 Å². The number of hydrogen-bond donors (Lipinski definition) is 2. The molecular weight excluding hydrogens is 445 g/mol. The molecule has 0 bridgehead atoms. The first-order valence-electron chi connectivity index (χ1n) is 8.86. The van der Waals surface area contributed by atoms with Crippen LogP contribution in [0, 0.1) is 5.82 Å². The number of nitrogens with zero attached hydrogens (tertiary/aromatic N) is 1. The Labute approximate surface area is 172 Å². The molecule has 1 aromatic heterocycles. The summed E-state index contributed by atoms with van der Waals surface area (Å²) in [5.74, 6) is -0.254. The number of aromatic nitrogens is 1. The molecule has 1 atom stereocenters. The smallest absolute Gasteiger partial charge is 0.241 e. The zero-order valence-electron chi connectivity index (χ0n) is 15.3. The summed E-state index contributed by atoms with van der Waals surface area (Å²) in [6.45, 7) is 2.96. The zero-order valence-corrected chi connectivity index (χ0v) is 17.7. The average Bonchev–Trinajstić information content (AvgIpc) is 2.66. The van der Waals surface area contributed by atoms with Gasteiger partial charge in [0.15, 0.2) is 0 Å². The van der Waals surface area contributed by atoms with E-state index in [1.807, 2.05) is 0 Å². The monoisotopic (exact) mass is 465 g/mol. The Morgan fingerprint density at radius 2 is 1.89 bits per heavy atom. The minimum atomic E-state index is -3.67. The maximum absolute atomic E-state index is 12.9. The highest BCUT2D eigenvalue weighted by molar-refractivity contribution is 9.10. The molecule has 0 aliphatic carbocycles. The minimum absolute atomic E-state index is 0.198. The number of halogens is 2. The van der Waals surface area contributed by atoms with Crippen molar-refractivity contribution in [3.05, 3.63) is 70.7 Å². The zero-order chi connectivity index (χ0) is 20.1. The fraction of sp³-hybridized carbons (Fsp3) is 0.250. The second-order valence-electron chi connectivity index (χ2n) is 6.58. The Bertz CT molecular complexity index is 1060. The lowest BCUT2D eigenvalue weighted by atomic mass is 10.1. The topological polar surface area (TPSA) is 71.1 Å². The summed E-state index contributed by atoms with van der Waals surface area (Å²) in [4.78, 5) is 4.25. The van der Waals surface area contributed by atoms with Gasteiger partial charge in [-0.25, -0.2) is 17.5 Å². The number of fused-ring (bicyclic) bond motifs is 1. The van der Waals surface area contributed by atoms with Crippen LogP contribution in [-0.4, -0.2) is 32.5 Å². The molecule has 0 amide bonds. The molecule has 0 aliphatic heterocycles. The first-order valence-corrected chi connectivity index (χ1v) is 11.1. The molecule has 5 nitrogen and oxygen atoms in total. The molecule has 3 rings (SSSR count). The Morgan fingerprint density at radius 1 is 1.14 bits per heavy atom. The first kappa shape index (κ1) is 20.9. The van der Waals surface area contributed by atoms with Crippen LogP contribution >= 0.6 is 15.9 Å². The third-order valence-corrected chi connectivity index (χ3v) is 7.07. The van der Waals surface area contributed by atoms with E-state index in [2.05, 4.69) is 31.0 Å². The van der Waals surface area contributed by atoms with E-state index < -0.39 is 10.0 Å². The fourth-order valence-corrected chi connectivity index (χ4v) is 5.36. The Morgan fingerprint density at radius 3 is 2.64 bits per heavy atom. The predicted octanol–water partition coefficient (Wildman–Crippen LogP) is 3.64. The lowest BCUT2D eigenvalue weighted by Crippen LogP contribution is -2.40. The molecule has 2 aromatic carbocycles. The number of nitrogens with one attached hydrogen (secondary N) is 2. The Balaban J connectivity index is 1.57. The van der Waals surface area contributed by atoms with Gasteiger partial charge in [-0.05, 0) is 65.6 Å². The van der Waals surface area contributed by atoms with E-state index >= 15 is 0 Å². The van der Waals surface area contributed by atoms with Gasteiger partial charge in [0, 0.05) is 40.2 Å². The van der Waals surface area contributed by atoms with Crippen molar-refractivity contribution in [1.82, 2.24) is 15.0 Å². The van der Waals surface area contributed by atoms with Gasteiger partial charge in [-0.15, -0.1) is 0 Å². The van der Waals surface area contributed by atoms with E-state index in [4.69, 9.17) is 0 Å². The molecule has 28 heavy (non-hydrogen) atoms. The molecule has 0 saturated heterocycles. The molecule has 1 unspecified atom stereocenters. The maximum atomic E-state index is 12.9. The highest BCUT2D eigenvalue weighted by Crippen LogP contribution is 2.30. The average molecular weight is 466 g/mol. The standard InChI is InChI=1S/C20H21BrFN3O2S/c1-14(12-23-10-8-15-2-5-17(22)6-3-15)25-28(26,27)19-7-4-16-13-24-11-9-18(16)20(19)21/h2-7,9,11,13-14,23,25H,8,10,12H2,1H3. The van der Waals surface area contributed by atoms with E-state index in [0.717, 1.165) is 22.8 Å². The van der Waals surface area contributed by atoms with Gasteiger partial charge in [0.1, 0.15) is 5.82 Å². The molecular formula is C20H21BrFN3O2S. The van der Waals surface area contributed by atoms with Crippen LogP contribution in [-0.2, 0) is 16.4 Å². The van der Waals surface area contributed by atoms with Crippen molar-refractivity contribution in [3.8, 4) is 0 Å². The van der Waals surface area contributed by atoms with Gasteiger partial charge in [-0.3, -0.25) is 4.98 Å².